The summed E-state index contributed by atoms with van der Waals surface area (Å²) >= 11 is 1.51. The fourth-order valence-electron chi connectivity index (χ4n) is 6.30. The van der Waals surface area contributed by atoms with Crippen LogP contribution in [0.1, 0.15) is 90.2 Å². The molecule has 4 aliphatic rings. The first-order valence-corrected chi connectivity index (χ1v) is 18.9. The topological polar surface area (TPSA) is 174 Å². The molecule has 12 nitrogen and oxygen atoms in total. The zero-order chi connectivity index (χ0) is 33.6. The summed E-state index contributed by atoms with van der Waals surface area (Å²) in [6, 6.07) is 1.79. The highest BCUT2D eigenvalue weighted by atomic mass is 32.2. The summed E-state index contributed by atoms with van der Waals surface area (Å²) in [4.78, 5) is 52.0. The van der Waals surface area contributed by atoms with Crippen molar-refractivity contribution in [2.45, 2.75) is 113 Å². The first-order chi connectivity index (χ1) is 22.3. The first-order valence-electron chi connectivity index (χ1n) is 16.5. The predicted molar refractivity (Wildman–Crippen MR) is 178 cm³/mol. The van der Waals surface area contributed by atoms with E-state index in [1.807, 2.05) is 17.5 Å². The summed E-state index contributed by atoms with van der Waals surface area (Å²) in [7, 11) is -3.92. The number of rotatable bonds is 7. The standard InChI is InChI=1S/C33H44N6O6S2/c1-20(2)26-19-46-29(36-26)25-15-22(11-14-35-25)45-23-16-27-28(40)37-33(31(42)38-47(43,44)32(3)12-13-32)17-21(33)9-7-5-4-6-8-10-24(34)30(41)39(27)18-23/h7,9,11,14-15,19-21,23-24,27H,4-6,8,10,12-13,16-18,34H2,1-3H3,(H,37,40)(H,38,42). The monoisotopic (exact) mass is 684 g/mol. The number of amides is 3. The van der Waals surface area contributed by atoms with E-state index in [-0.39, 0.29) is 37.1 Å². The SMILES string of the molecule is CC(C)c1csc(-c2cc(OC3CC4C(=O)NC5(C(=O)NS(=O)(=O)C6(C)CC6)CC5C=CCCCCCC(N)C(=O)N4C3)ccn2)n1. The van der Waals surface area contributed by atoms with Gasteiger partial charge >= 0.3 is 0 Å². The normalized spacial score (nSPS) is 29.3. The Morgan fingerprint density at radius 3 is 2.74 bits per heavy atom. The highest BCUT2D eigenvalue weighted by Gasteiger charge is 2.63. The number of ether oxygens (including phenoxy) is 1. The molecule has 2 aromatic heterocycles. The number of nitrogens with zero attached hydrogens (tertiary/aromatic N) is 3. The summed E-state index contributed by atoms with van der Waals surface area (Å²) in [5, 5.41) is 5.68. The molecule has 0 radical (unpaired) electrons. The Morgan fingerprint density at radius 1 is 1.23 bits per heavy atom. The highest BCUT2D eigenvalue weighted by molar-refractivity contribution is 7.91. The molecule has 3 amide bonds. The van der Waals surface area contributed by atoms with Gasteiger partial charge in [-0.15, -0.1) is 11.3 Å². The van der Waals surface area contributed by atoms with Crippen LogP contribution < -0.4 is 20.5 Å². The quantitative estimate of drug-likeness (QED) is 0.370. The zero-order valence-corrected chi connectivity index (χ0v) is 28.7. The minimum Gasteiger partial charge on any atom is -0.488 e. The van der Waals surface area contributed by atoms with E-state index in [0.29, 0.717) is 30.7 Å². The van der Waals surface area contributed by atoms with E-state index in [1.165, 1.54) is 16.2 Å². The summed E-state index contributed by atoms with van der Waals surface area (Å²) < 4.78 is 33.6. The molecule has 6 rings (SSSR count). The molecule has 0 spiro atoms. The molecule has 2 aromatic rings. The number of hydrogen-bond donors (Lipinski definition) is 3. The molecule has 4 N–H and O–H groups in total. The van der Waals surface area contributed by atoms with E-state index in [0.717, 1.165) is 36.4 Å². The number of hydrogen-bond acceptors (Lipinski definition) is 10. The lowest BCUT2D eigenvalue weighted by Crippen LogP contribution is -2.58. The van der Waals surface area contributed by atoms with Gasteiger partial charge in [0.25, 0.3) is 5.91 Å². The van der Waals surface area contributed by atoms with Gasteiger partial charge in [0.15, 0.2) is 0 Å². The zero-order valence-electron chi connectivity index (χ0n) is 27.1. The highest BCUT2D eigenvalue weighted by Crippen LogP contribution is 2.47. The average Bonchev–Trinajstić information content (AvgIpc) is 3.80. The van der Waals surface area contributed by atoms with Crippen molar-refractivity contribution in [3.05, 3.63) is 41.6 Å². The molecule has 14 heteroatoms. The van der Waals surface area contributed by atoms with E-state index in [4.69, 9.17) is 10.5 Å². The second-order valence-corrected chi connectivity index (χ2v) is 17.0. The van der Waals surface area contributed by atoms with Crippen LogP contribution in [-0.4, -0.2) is 76.0 Å². The van der Waals surface area contributed by atoms with Gasteiger partial charge in [0.2, 0.25) is 21.8 Å². The number of allylic oxidation sites excluding steroid dienone is 1. The molecule has 2 saturated carbocycles. The van der Waals surface area contributed by atoms with Crippen molar-refractivity contribution in [2.75, 3.05) is 6.54 Å². The van der Waals surface area contributed by atoms with Gasteiger partial charge in [0.1, 0.15) is 34.1 Å². The number of thiazole rings is 1. The molecule has 3 fully saturated rings. The second kappa shape index (κ2) is 12.9. The Morgan fingerprint density at radius 2 is 2.02 bits per heavy atom. The Kier molecular flexibility index (Phi) is 9.22. The van der Waals surface area contributed by atoms with Gasteiger partial charge < -0.3 is 20.7 Å². The van der Waals surface area contributed by atoms with Crippen LogP contribution in [0.25, 0.3) is 10.7 Å². The van der Waals surface area contributed by atoms with Gasteiger partial charge in [-0.3, -0.25) is 24.1 Å². The van der Waals surface area contributed by atoms with Gasteiger partial charge in [0, 0.05) is 30.0 Å². The summed E-state index contributed by atoms with van der Waals surface area (Å²) in [6.45, 7) is 5.90. The third kappa shape index (κ3) is 6.95. The molecule has 254 valence electrons. The third-order valence-corrected chi connectivity index (χ3v) is 12.9. The van der Waals surface area contributed by atoms with Crippen LogP contribution in [0.3, 0.4) is 0 Å². The molecule has 2 aliphatic heterocycles. The minimum atomic E-state index is -3.92. The number of fused-ring (bicyclic) bond motifs is 2. The molecule has 5 unspecified atom stereocenters. The van der Waals surface area contributed by atoms with E-state index < -0.39 is 50.3 Å². The van der Waals surface area contributed by atoms with Crippen molar-refractivity contribution in [2.24, 2.45) is 11.7 Å². The number of pyridine rings is 1. The maximum absolute atomic E-state index is 14.0. The lowest BCUT2D eigenvalue weighted by Gasteiger charge is -2.28. The van der Waals surface area contributed by atoms with Gasteiger partial charge in [-0.2, -0.15) is 0 Å². The molecular formula is C33H44N6O6S2. The maximum Gasteiger partial charge on any atom is 0.259 e. The van der Waals surface area contributed by atoms with Crippen LogP contribution >= 0.6 is 11.3 Å². The van der Waals surface area contributed by atoms with Gasteiger partial charge in [-0.25, -0.2) is 13.4 Å². The lowest BCUT2D eigenvalue weighted by molar-refractivity contribution is -0.140. The van der Waals surface area contributed by atoms with Crippen molar-refractivity contribution in [3.63, 3.8) is 0 Å². The van der Waals surface area contributed by atoms with Crippen molar-refractivity contribution in [1.82, 2.24) is 24.9 Å². The average molecular weight is 685 g/mol. The molecule has 5 atom stereocenters. The first kappa shape index (κ1) is 33.5. The smallest absolute Gasteiger partial charge is 0.259 e. The van der Waals surface area contributed by atoms with E-state index >= 15 is 0 Å². The second-order valence-electron chi connectivity index (χ2n) is 13.9. The Hall–Kier alpha value is -3.36. The largest absolute Gasteiger partial charge is 0.488 e. The molecule has 0 aromatic carbocycles. The number of nitrogens with one attached hydrogen (secondary N) is 2. The summed E-state index contributed by atoms with van der Waals surface area (Å²) in [5.74, 6) is -1.17. The van der Waals surface area contributed by atoms with Crippen LogP contribution in [0.15, 0.2) is 35.9 Å². The van der Waals surface area contributed by atoms with Crippen LogP contribution in [0.5, 0.6) is 5.75 Å². The van der Waals surface area contributed by atoms with Crippen LogP contribution in [-0.2, 0) is 24.4 Å². The van der Waals surface area contributed by atoms with Crippen molar-refractivity contribution in [3.8, 4) is 16.5 Å². The molecule has 1 saturated heterocycles. The number of carbonyl (C=O) groups is 3. The number of sulfonamides is 1. The van der Waals surface area contributed by atoms with Crippen LogP contribution in [0.4, 0.5) is 0 Å². The number of aromatic nitrogens is 2. The molecule has 47 heavy (non-hydrogen) atoms. The molecule has 4 heterocycles. The van der Waals surface area contributed by atoms with Gasteiger partial charge in [-0.1, -0.05) is 38.8 Å². The molecule has 2 aliphatic carbocycles. The van der Waals surface area contributed by atoms with Crippen molar-refractivity contribution < 1.29 is 27.5 Å². The fraction of sp³-hybridized carbons (Fsp3) is 0.606. The van der Waals surface area contributed by atoms with E-state index in [1.54, 1.807) is 25.3 Å². The molecule has 0 bridgehead atoms. The van der Waals surface area contributed by atoms with Crippen molar-refractivity contribution in [1.29, 1.82) is 0 Å². The van der Waals surface area contributed by atoms with Crippen LogP contribution in [0, 0.1) is 5.92 Å². The van der Waals surface area contributed by atoms with Crippen LogP contribution in [0.2, 0.25) is 0 Å². The fourth-order valence-corrected chi connectivity index (χ4v) is 8.56. The minimum absolute atomic E-state index is 0.131. The summed E-state index contributed by atoms with van der Waals surface area (Å²) in [6.07, 6.45) is 10.2. The number of nitrogens with two attached hydrogens (primary N) is 1. The van der Waals surface area contributed by atoms with Crippen molar-refractivity contribution >= 4 is 39.1 Å². The third-order valence-electron chi connectivity index (χ3n) is 9.88. The van der Waals surface area contributed by atoms with Gasteiger partial charge in [-0.05, 0) is 57.4 Å². The Bertz CT molecular complexity index is 1670. The Labute approximate surface area is 280 Å². The van der Waals surface area contributed by atoms with E-state index in [2.05, 4.69) is 33.9 Å². The van der Waals surface area contributed by atoms with E-state index in [9.17, 15) is 22.8 Å². The lowest BCUT2D eigenvalue weighted by atomic mass is 10.1. The summed E-state index contributed by atoms with van der Waals surface area (Å²) in [5.41, 5.74) is 6.59. The number of carbonyl (C=O) groups excluding carboxylic acids is 3. The molecular weight excluding hydrogens is 641 g/mol. The predicted octanol–water partition coefficient (Wildman–Crippen LogP) is 3.40. The Balaban J connectivity index is 1.23. The maximum atomic E-state index is 14.0. The van der Waals surface area contributed by atoms with Gasteiger partial charge in [0.05, 0.1) is 23.0 Å².